The first kappa shape index (κ1) is 25.1. The molecule has 1 N–H and O–H groups in total. The van der Waals surface area contributed by atoms with Crippen molar-refractivity contribution in [3.63, 3.8) is 0 Å². The molecule has 1 aliphatic rings. The van der Waals surface area contributed by atoms with Gasteiger partial charge < -0.3 is 4.74 Å². The molecule has 0 saturated carbocycles. The van der Waals surface area contributed by atoms with Crippen LogP contribution in [0.5, 0.6) is 5.75 Å². The number of rotatable bonds is 6. The van der Waals surface area contributed by atoms with Crippen LogP contribution in [0.4, 0.5) is 14.9 Å². The molecule has 0 aliphatic carbocycles. The molecular formula is C28H24ClFN2O4. The van der Waals surface area contributed by atoms with E-state index in [-0.39, 0.29) is 11.4 Å². The maximum Gasteiger partial charge on any atom is 0.335 e. The van der Waals surface area contributed by atoms with Crippen LogP contribution in [0, 0.1) is 19.7 Å². The summed E-state index contributed by atoms with van der Waals surface area (Å²) in [6.07, 6.45) is 1.71. The second-order valence-electron chi connectivity index (χ2n) is 8.47. The number of urea groups is 1. The molecule has 4 amide bonds. The molecule has 1 heterocycles. The number of imide groups is 2. The molecule has 0 bridgehead atoms. The third-order valence-electron chi connectivity index (χ3n) is 5.76. The third kappa shape index (κ3) is 5.16. The van der Waals surface area contributed by atoms with Crippen molar-refractivity contribution in [1.82, 2.24) is 5.32 Å². The molecule has 3 aromatic rings. The molecule has 0 radical (unpaired) electrons. The Bertz CT molecular complexity index is 1420. The Labute approximate surface area is 213 Å². The third-order valence-corrected chi connectivity index (χ3v) is 6.10. The molecule has 1 fully saturated rings. The van der Waals surface area contributed by atoms with Crippen molar-refractivity contribution in [1.29, 1.82) is 0 Å². The largest absolute Gasteiger partial charge is 0.494 e. The van der Waals surface area contributed by atoms with Crippen LogP contribution in [-0.2, 0) is 16.0 Å². The number of carbonyl (C=O) groups is 3. The number of hydrogen-bond donors (Lipinski definition) is 1. The molecule has 1 aliphatic heterocycles. The van der Waals surface area contributed by atoms with Crippen molar-refractivity contribution in [2.24, 2.45) is 0 Å². The second kappa shape index (κ2) is 10.3. The molecule has 0 spiro atoms. The number of halogens is 2. The van der Waals surface area contributed by atoms with Gasteiger partial charge in [0.25, 0.3) is 11.8 Å². The first-order valence-corrected chi connectivity index (χ1v) is 11.7. The predicted molar refractivity (Wildman–Crippen MR) is 137 cm³/mol. The monoisotopic (exact) mass is 506 g/mol. The number of ether oxygens (including phenoxy) is 1. The molecular weight excluding hydrogens is 483 g/mol. The molecule has 3 aromatic carbocycles. The lowest BCUT2D eigenvalue weighted by atomic mass is 10.00. The van der Waals surface area contributed by atoms with Crippen LogP contribution in [0.25, 0.3) is 6.08 Å². The highest BCUT2D eigenvalue weighted by atomic mass is 35.5. The second-order valence-corrected chi connectivity index (χ2v) is 8.87. The van der Waals surface area contributed by atoms with E-state index in [0.29, 0.717) is 51.7 Å². The average molecular weight is 507 g/mol. The summed E-state index contributed by atoms with van der Waals surface area (Å²) < 4.78 is 19.5. The van der Waals surface area contributed by atoms with E-state index < -0.39 is 17.8 Å². The molecule has 8 heteroatoms. The van der Waals surface area contributed by atoms with E-state index in [0.717, 1.165) is 10.5 Å². The lowest BCUT2D eigenvalue weighted by Gasteiger charge is -2.28. The van der Waals surface area contributed by atoms with Gasteiger partial charge in [-0.15, -0.1) is 0 Å². The summed E-state index contributed by atoms with van der Waals surface area (Å²) in [5.74, 6) is -1.44. The Kier molecular flexibility index (Phi) is 7.22. The summed E-state index contributed by atoms with van der Waals surface area (Å²) in [4.78, 5) is 39.5. The first-order valence-electron chi connectivity index (χ1n) is 11.4. The highest BCUT2D eigenvalue weighted by Crippen LogP contribution is 2.33. The van der Waals surface area contributed by atoms with E-state index in [1.807, 2.05) is 19.9 Å². The van der Waals surface area contributed by atoms with Gasteiger partial charge in [0.05, 0.1) is 12.3 Å². The number of barbiturate groups is 1. The van der Waals surface area contributed by atoms with Gasteiger partial charge in [-0.25, -0.2) is 14.1 Å². The van der Waals surface area contributed by atoms with Crippen LogP contribution in [0.3, 0.4) is 0 Å². The van der Waals surface area contributed by atoms with Crippen LogP contribution in [0.1, 0.15) is 34.7 Å². The number of aryl methyl sites for hydroxylation is 2. The van der Waals surface area contributed by atoms with E-state index >= 15 is 0 Å². The van der Waals surface area contributed by atoms with Crippen molar-refractivity contribution in [2.75, 3.05) is 11.5 Å². The number of hydrogen-bond acceptors (Lipinski definition) is 4. The summed E-state index contributed by atoms with van der Waals surface area (Å²) in [5, 5.41) is 2.57. The minimum atomic E-state index is -0.811. The lowest BCUT2D eigenvalue weighted by Crippen LogP contribution is -2.54. The van der Waals surface area contributed by atoms with E-state index in [9.17, 15) is 18.8 Å². The maximum absolute atomic E-state index is 13.7. The van der Waals surface area contributed by atoms with Crippen molar-refractivity contribution in [3.05, 3.63) is 98.8 Å². The molecule has 184 valence electrons. The fourth-order valence-corrected chi connectivity index (χ4v) is 4.31. The van der Waals surface area contributed by atoms with Crippen molar-refractivity contribution < 1.29 is 23.5 Å². The normalized spacial score (nSPS) is 14.9. The average Bonchev–Trinajstić information content (AvgIpc) is 2.81. The number of amides is 4. The summed E-state index contributed by atoms with van der Waals surface area (Å²) in [7, 11) is 0. The van der Waals surface area contributed by atoms with Gasteiger partial charge in [-0.2, -0.15) is 0 Å². The van der Waals surface area contributed by atoms with Crippen LogP contribution < -0.4 is 15.0 Å². The zero-order valence-corrected chi connectivity index (χ0v) is 20.8. The highest BCUT2D eigenvalue weighted by Gasteiger charge is 2.37. The number of nitrogens with one attached hydrogen (secondary N) is 1. The van der Waals surface area contributed by atoms with Crippen LogP contribution in [0.2, 0.25) is 5.02 Å². The Morgan fingerprint density at radius 3 is 2.56 bits per heavy atom. The van der Waals surface area contributed by atoms with Gasteiger partial charge in [-0.1, -0.05) is 35.9 Å². The van der Waals surface area contributed by atoms with Gasteiger partial charge in [-0.3, -0.25) is 14.9 Å². The minimum absolute atomic E-state index is 0.216. The Morgan fingerprint density at radius 2 is 1.83 bits per heavy atom. The molecule has 36 heavy (non-hydrogen) atoms. The number of benzene rings is 3. The van der Waals surface area contributed by atoms with E-state index in [2.05, 4.69) is 5.32 Å². The Morgan fingerprint density at radius 1 is 1.06 bits per heavy atom. The topological polar surface area (TPSA) is 75.7 Å². The molecule has 0 atom stereocenters. The smallest absolute Gasteiger partial charge is 0.335 e. The van der Waals surface area contributed by atoms with Crippen molar-refractivity contribution in [3.8, 4) is 5.75 Å². The summed E-state index contributed by atoms with van der Waals surface area (Å²) in [6.45, 7) is 5.79. The molecule has 4 rings (SSSR count). The van der Waals surface area contributed by atoms with Gasteiger partial charge in [0.1, 0.15) is 17.1 Å². The highest BCUT2D eigenvalue weighted by molar-refractivity contribution is 6.39. The number of nitrogens with zero attached hydrogens (tertiary/aromatic N) is 1. The quantitative estimate of drug-likeness (QED) is 0.341. The van der Waals surface area contributed by atoms with Gasteiger partial charge in [0, 0.05) is 17.0 Å². The van der Waals surface area contributed by atoms with Crippen LogP contribution >= 0.6 is 11.6 Å². The summed E-state index contributed by atoms with van der Waals surface area (Å²) in [6, 6.07) is 14.0. The Balaban J connectivity index is 1.74. The van der Waals surface area contributed by atoms with Gasteiger partial charge in [0.15, 0.2) is 0 Å². The van der Waals surface area contributed by atoms with Crippen molar-refractivity contribution >= 4 is 41.2 Å². The fraction of sp³-hybridized carbons (Fsp3) is 0.179. The Hall–Kier alpha value is -3.97. The first-order chi connectivity index (χ1) is 17.2. The van der Waals surface area contributed by atoms with Gasteiger partial charge >= 0.3 is 6.03 Å². The SMILES string of the molecule is CCOc1cc(/C=C2\C(=O)NC(=O)N(c3cc(C)ccc3C)C2=O)cc(Cl)c1Cc1cccc(F)c1. The zero-order valence-electron chi connectivity index (χ0n) is 20.0. The summed E-state index contributed by atoms with van der Waals surface area (Å²) in [5.41, 5.74) is 3.56. The summed E-state index contributed by atoms with van der Waals surface area (Å²) >= 11 is 6.58. The zero-order chi connectivity index (χ0) is 26.0. The predicted octanol–water partition coefficient (Wildman–Crippen LogP) is 5.75. The maximum atomic E-state index is 13.7. The number of anilines is 1. The van der Waals surface area contributed by atoms with Gasteiger partial charge in [-0.05, 0) is 79.4 Å². The van der Waals surface area contributed by atoms with E-state index in [1.165, 1.54) is 18.2 Å². The minimum Gasteiger partial charge on any atom is -0.494 e. The van der Waals surface area contributed by atoms with E-state index in [4.69, 9.17) is 16.3 Å². The molecule has 0 aromatic heterocycles. The van der Waals surface area contributed by atoms with Crippen molar-refractivity contribution in [2.45, 2.75) is 27.2 Å². The van der Waals surface area contributed by atoms with E-state index in [1.54, 1.807) is 43.3 Å². The molecule has 1 saturated heterocycles. The van der Waals surface area contributed by atoms with Crippen LogP contribution in [0.15, 0.2) is 60.2 Å². The molecule has 0 unspecified atom stereocenters. The lowest BCUT2D eigenvalue weighted by molar-refractivity contribution is -0.122. The van der Waals surface area contributed by atoms with Crippen LogP contribution in [-0.4, -0.2) is 24.5 Å². The standard InChI is InChI=1S/C28H24ClFN2O4/c1-4-36-25-15-19(14-23(29)21(25)12-18-6-5-7-20(30)11-18)13-22-26(33)31-28(35)32(27(22)34)24-10-16(2)8-9-17(24)3/h5-11,13-15H,4,12H2,1-3H3,(H,31,33,35)/b22-13+. The molecule has 6 nitrogen and oxygen atoms in total. The fourth-order valence-electron chi connectivity index (χ4n) is 4.02. The number of carbonyl (C=O) groups excluding carboxylic acids is 3. The van der Waals surface area contributed by atoms with Gasteiger partial charge in [0.2, 0.25) is 0 Å².